The van der Waals surface area contributed by atoms with Crippen molar-refractivity contribution in [1.82, 2.24) is 10.6 Å². The van der Waals surface area contributed by atoms with E-state index >= 15 is 0 Å². The molecule has 0 aromatic heterocycles. The summed E-state index contributed by atoms with van der Waals surface area (Å²) >= 11 is 4.90. The molecule has 0 aliphatic carbocycles. The lowest BCUT2D eigenvalue weighted by molar-refractivity contribution is -0.120. The molecule has 2 N–H and O–H groups in total. The summed E-state index contributed by atoms with van der Waals surface area (Å²) in [5.74, 6) is 0.0995. The smallest absolute Gasteiger partial charge is 0.222 e. The first kappa shape index (κ1) is 13.3. The molecule has 16 heavy (non-hydrogen) atoms. The second-order valence-corrected chi connectivity index (χ2v) is 3.92. The summed E-state index contributed by atoms with van der Waals surface area (Å²) in [6, 6.07) is 0. The normalized spacial score (nSPS) is 21.8. The molecule has 2 fully saturated rings. The van der Waals surface area contributed by atoms with Crippen LogP contribution in [-0.4, -0.2) is 50.4 Å². The number of amides is 1. The highest BCUT2D eigenvalue weighted by Gasteiger charge is 2.03. The minimum absolute atomic E-state index is 0.0995. The van der Waals surface area contributed by atoms with Gasteiger partial charge >= 0.3 is 0 Å². The average Bonchev–Trinajstić information content (AvgIpc) is 2.64. The van der Waals surface area contributed by atoms with Crippen LogP contribution >= 0.6 is 12.2 Å². The van der Waals surface area contributed by atoms with Crippen LogP contribution in [0.2, 0.25) is 0 Å². The maximum atomic E-state index is 10.5. The molecule has 1 amide bonds. The topological polar surface area (TPSA) is 59.6 Å². The SMILES string of the molecule is O=C1CCOCCN1.S=C1CCOCCN1. The first-order valence-corrected chi connectivity index (χ1v) is 5.89. The van der Waals surface area contributed by atoms with Crippen LogP contribution in [0.4, 0.5) is 0 Å². The summed E-state index contributed by atoms with van der Waals surface area (Å²) in [4.78, 5) is 11.4. The number of rotatable bonds is 0. The number of carbonyl (C=O) groups is 1. The lowest BCUT2D eigenvalue weighted by atomic mass is 10.4. The van der Waals surface area contributed by atoms with Gasteiger partial charge in [-0.2, -0.15) is 0 Å². The summed E-state index contributed by atoms with van der Waals surface area (Å²) in [7, 11) is 0. The van der Waals surface area contributed by atoms with Crippen molar-refractivity contribution in [3.05, 3.63) is 0 Å². The minimum Gasteiger partial charge on any atom is -0.379 e. The van der Waals surface area contributed by atoms with Crippen molar-refractivity contribution in [2.24, 2.45) is 0 Å². The Morgan fingerprint density at radius 2 is 1.56 bits per heavy atom. The highest BCUT2D eigenvalue weighted by molar-refractivity contribution is 7.80. The van der Waals surface area contributed by atoms with Crippen molar-refractivity contribution >= 4 is 23.1 Å². The third kappa shape index (κ3) is 6.71. The van der Waals surface area contributed by atoms with E-state index in [2.05, 4.69) is 10.6 Å². The second-order valence-electron chi connectivity index (χ2n) is 3.42. The number of carbonyl (C=O) groups excluding carboxylic acids is 1. The van der Waals surface area contributed by atoms with Gasteiger partial charge in [-0.05, 0) is 0 Å². The summed E-state index contributed by atoms with van der Waals surface area (Å²) in [6.45, 7) is 4.35. The Hall–Kier alpha value is -0.720. The molecule has 0 radical (unpaired) electrons. The van der Waals surface area contributed by atoms with Crippen LogP contribution in [0.25, 0.3) is 0 Å². The van der Waals surface area contributed by atoms with Gasteiger partial charge in [0.1, 0.15) is 0 Å². The second kappa shape index (κ2) is 8.43. The number of hydrogen-bond donors (Lipinski definition) is 2. The van der Waals surface area contributed by atoms with Crippen LogP contribution in [0.15, 0.2) is 0 Å². The van der Waals surface area contributed by atoms with E-state index in [1.165, 1.54) is 0 Å². The minimum atomic E-state index is 0.0995. The van der Waals surface area contributed by atoms with E-state index in [1.54, 1.807) is 0 Å². The van der Waals surface area contributed by atoms with Gasteiger partial charge < -0.3 is 20.1 Å². The van der Waals surface area contributed by atoms with Crippen molar-refractivity contribution in [2.75, 3.05) is 39.5 Å². The van der Waals surface area contributed by atoms with Crippen LogP contribution in [0.1, 0.15) is 12.8 Å². The van der Waals surface area contributed by atoms with E-state index in [1.807, 2.05) is 0 Å². The van der Waals surface area contributed by atoms with Gasteiger partial charge in [-0.1, -0.05) is 12.2 Å². The Labute approximate surface area is 101 Å². The van der Waals surface area contributed by atoms with Gasteiger partial charge in [0, 0.05) is 25.9 Å². The number of hydrogen-bond acceptors (Lipinski definition) is 4. The van der Waals surface area contributed by atoms with Crippen molar-refractivity contribution < 1.29 is 14.3 Å². The van der Waals surface area contributed by atoms with Crippen LogP contribution in [0.3, 0.4) is 0 Å². The molecule has 0 unspecified atom stereocenters. The lowest BCUT2D eigenvalue weighted by Gasteiger charge is -1.96. The van der Waals surface area contributed by atoms with Gasteiger partial charge in [-0.25, -0.2) is 0 Å². The summed E-state index contributed by atoms with van der Waals surface area (Å²) < 4.78 is 10.1. The average molecular weight is 246 g/mol. The lowest BCUT2D eigenvalue weighted by Crippen LogP contribution is -2.23. The fraction of sp³-hybridized carbons (Fsp3) is 0.800. The molecule has 0 aromatic carbocycles. The summed E-state index contributed by atoms with van der Waals surface area (Å²) in [6.07, 6.45) is 1.40. The number of thiocarbonyl (C=S) groups is 1. The van der Waals surface area contributed by atoms with Gasteiger partial charge in [-0.3, -0.25) is 4.79 Å². The first-order chi connectivity index (χ1) is 7.79. The molecule has 5 nitrogen and oxygen atoms in total. The molecule has 2 aliphatic rings. The largest absolute Gasteiger partial charge is 0.379 e. The molecule has 0 saturated carbocycles. The van der Waals surface area contributed by atoms with Crippen LogP contribution in [0.5, 0.6) is 0 Å². The molecular formula is C10H18N2O3S. The molecule has 2 saturated heterocycles. The Kier molecular flexibility index (Phi) is 7.03. The van der Waals surface area contributed by atoms with Crippen LogP contribution < -0.4 is 10.6 Å². The molecule has 0 bridgehead atoms. The van der Waals surface area contributed by atoms with Crippen molar-refractivity contribution in [2.45, 2.75) is 12.8 Å². The summed E-state index contributed by atoms with van der Waals surface area (Å²) in [5.41, 5.74) is 0. The van der Waals surface area contributed by atoms with Crippen LogP contribution in [-0.2, 0) is 14.3 Å². The maximum Gasteiger partial charge on any atom is 0.222 e. The van der Waals surface area contributed by atoms with Crippen molar-refractivity contribution in [1.29, 1.82) is 0 Å². The molecule has 0 aromatic rings. The molecule has 2 heterocycles. The zero-order valence-electron chi connectivity index (χ0n) is 9.29. The van der Waals surface area contributed by atoms with Gasteiger partial charge in [-0.15, -0.1) is 0 Å². The highest BCUT2D eigenvalue weighted by atomic mass is 32.1. The predicted octanol–water partition coefficient (Wildman–Crippen LogP) is -0.153. The molecule has 0 atom stereocenters. The molecule has 6 heteroatoms. The third-order valence-electron chi connectivity index (χ3n) is 2.08. The van der Waals surface area contributed by atoms with Gasteiger partial charge in [0.25, 0.3) is 0 Å². The molecular weight excluding hydrogens is 228 g/mol. The molecule has 92 valence electrons. The van der Waals surface area contributed by atoms with E-state index in [-0.39, 0.29) is 5.91 Å². The predicted molar refractivity (Wildman–Crippen MR) is 64.5 cm³/mol. The van der Waals surface area contributed by atoms with Gasteiger partial charge in [0.2, 0.25) is 5.91 Å². The zero-order valence-corrected chi connectivity index (χ0v) is 10.1. The number of ether oxygens (including phenoxy) is 2. The van der Waals surface area contributed by atoms with Crippen molar-refractivity contribution in [3.8, 4) is 0 Å². The molecule has 0 spiro atoms. The fourth-order valence-electron chi connectivity index (χ4n) is 1.24. The standard InChI is InChI=1S/C5H9NO2.C5H9NOS/c7-5-1-3-8-4-2-6-5;8-5-1-3-7-4-2-6-5/h1-4H2,(H,6,7);1-4H2,(H,6,8). The van der Waals surface area contributed by atoms with E-state index in [0.717, 1.165) is 31.2 Å². The zero-order chi connectivity index (χ0) is 11.6. The fourth-order valence-corrected chi connectivity index (χ4v) is 1.42. The molecule has 2 rings (SSSR count). The summed E-state index contributed by atoms with van der Waals surface area (Å²) in [5, 5.41) is 5.73. The van der Waals surface area contributed by atoms with Gasteiger partial charge in [0.15, 0.2) is 0 Å². The monoisotopic (exact) mass is 246 g/mol. The maximum absolute atomic E-state index is 10.5. The highest BCUT2D eigenvalue weighted by Crippen LogP contribution is 1.89. The first-order valence-electron chi connectivity index (χ1n) is 5.48. The van der Waals surface area contributed by atoms with E-state index in [4.69, 9.17) is 21.7 Å². The molecule has 2 aliphatic heterocycles. The van der Waals surface area contributed by atoms with Gasteiger partial charge in [0.05, 0.1) is 31.4 Å². The van der Waals surface area contributed by atoms with E-state index in [9.17, 15) is 4.79 Å². The van der Waals surface area contributed by atoms with E-state index in [0.29, 0.717) is 26.2 Å². The Balaban J connectivity index is 0.000000160. The van der Waals surface area contributed by atoms with Crippen molar-refractivity contribution in [3.63, 3.8) is 0 Å². The Morgan fingerprint density at radius 1 is 0.938 bits per heavy atom. The number of nitrogens with one attached hydrogen (secondary N) is 2. The third-order valence-corrected chi connectivity index (χ3v) is 2.43. The van der Waals surface area contributed by atoms with Crippen LogP contribution in [0, 0.1) is 0 Å². The Bertz CT molecular complexity index is 192. The van der Waals surface area contributed by atoms with E-state index < -0.39 is 0 Å². The Morgan fingerprint density at radius 3 is 2.31 bits per heavy atom. The quantitative estimate of drug-likeness (QED) is 0.582.